The van der Waals surface area contributed by atoms with Crippen LogP contribution in [0.25, 0.3) is 0 Å². The SMILES string of the molecule is CC(C(=O)O)C(C)C(=O)C(C)C(C)C(=O)O. The van der Waals surface area contributed by atoms with Gasteiger partial charge >= 0.3 is 11.9 Å². The summed E-state index contributed by atoms with van der Waals surface area (Å²) >= 11 is 0. The van der Waals surface area contributed by atoms with Crippen molar-refractivity contribution in [2.75, 3.05) is 0 Å². The highest BCUT2D eigenvalue weighted by atomic mass is 16.4. The van der Waals surface area contributed by atoms with Gasteiger partial charge in [-0.2, -0.15) is 0 Å². The van der Waals surface area contributed by atoms with Gasteiger partial charge in [-0.3, -0.25) is 14.4 Å². The Morgan fingerprint density at radius 3 is 1.12 bits per heavy atom. The molecule has 0 aromatic carbocycles. The first-order chi connectivity index (χ1) is 7.20. The van der Waals surface area contributed by atoms with Gasteiger partial charge in [-0.05, 0) is 0 Å². The molecule has 4 unspecified atom stereocenters. The molecule has 5 nitrogen and oxygen atoms in total. The van der Waals surface area contributed by atoms with E-state index in [9.17, 15) is 14.4 Å². The number of carbonyl (C=O) groups excluding carboxylic acids is 1. The lowest BCUT2D eigenvalue weighted by Gasteiger charge is -2.21. The van der Waals surface area contributed by atoms with Crippen LogP contribution >= 0.6 is 0 Å². The maximum Gasteiger partial charge on any atom is 0.306 e. The average molecular weight is 230 g/mol. The first-order valence-corrected chi connectivity index (χ1v) is 5.19. The minimum atomic E-state index is -1.05. The smallest absolute Gasteiger partial charge is 0.306 e. The van der Waals surface area contributed by atoms with Gasteiger partial charge < -0.3 is 10.2 Å². The van der Waals surface area contributed by atoms with Crippen molar-refractivity contribution < 1.29 is 24.6 Å². The van der Waals surface area contributed by atoms with Gasteiger partial charge in [0.25, 0.3) is 0 Å². The van der Waals surface area contributed by atoms with Crippen molar-refractivity contribution in [1.29, 1.82) is 0 Å². The molecule has 92 valence electrons. The van der Waals surface area contributed by atoms with E-state index in [0.29, 0.717) is 0 Å². The molecule has 0 rings (SSSR count). The molecular weight excluding hydrogens is 212 g/mol. The topological polar surface area (TPSA) is 91.7 Å². The van der Waals surface area contributed by atoms with E-state index in [2.05, 4.69) is 0 Å². The second-order valence-corrected chi connectivity index (χ2v) is 4.23. The molecule has 0 saturated carbocycles. The van der Waals surface area contributed by atoms with Gasteiger partial charge in [-0.1, -0.05) is 27.7 Å². The first kappa shape index (κ1) is 14.6. The summed E-state index contributed by atoms with van der Waals surface area (Å²) in [7, 11) is 0. The van der Waals surface area contributed by atoms with E-state index in [0.717, 1.165) is 0 Å². The maximum absolute atomic E-state index is 11.8. The van der Waals surface area contributed by atoms with Crippen LogP contribution in [0.15, 0.2) is 0 Å². The Bertz CT molecular complexity index is 269. The normalized spacial score (nSPS) is 18.2. The summed E-state index contributed by atoms with van der Waals surface area (Å²) in [4.78, 5) is 33.2. The van der Waals surface area contributed by atoms with Crippen molar-refractivity contribution in [2.24, 2.45) is 23.7 Å². The molecule has 0 aromatic rings. The van der Waals surface area contributed by atoms with Gasteiger partial charge in [-0.15, -0.1) is 0 Å². The molecule has 0 saturated heterocycles. The summed E-state index contributed by atoms with van der Waals surface area (Å²) in [6.07, 6.45) is 0. The number of hydrogen-bond acceptors (Lipinski definition) is 3. The monoisotopic (exact) mass is 230 g/mol. The molecule has 0 fully saturated rings. The summed E-state index contributed by atoms with van der Waals surface area (Å²) in [5, 5.41) is 17.5. The Hall–Kier alpha value is -1.39. The van der Waals surface area contributed by atoms with E-state index in [-0.39, 0.29) is 5.78 Å². The van der Waals surface area contributed by atoms with Crippen LogP contribution < -0.4 is 0 Å². The summed E-state index contributed by atoms with van der Waals surface area (Å²) in [6, 6.07) is 0. The predicted octanol–water partition coefficient (Wildman–Crippen LogP) is 1.27. The molecule has 0 bridgehead atoms. The van der Waals surface area contributed by atoms with Crippen molar-refractivity contribution in [1.82, 2.24) is 0 Å². The Morgan fingerprint density at radius 1 is 0.688 bits per heavy atom. The van der Waals surface area contributed by atoms with Gasteiger partial charge in [0.15, 0.2) is 0 Å². The third-order valence-corrected chi connectivity index (χ3v) is 3.18. The summed E-state index contributed by atoms with van der Waals surface area (Å²) in [5.41, 5.74) is 0. The van der Waals surface area contributed by atoms with E-state index < -0.39 is 35.6 Å². The molecule has 0 amide bonds. The fourth-order valence-electron chi connectivity index (χ4n) is 1.34. The zero-order valence-electron chi connectivity index (χ0n) is 9.93. The fraction of sp³-hybridized carbons (Fsp3) is 0.727. The number of ketones is 1. The second-order valence-electron chi connectivity index (χ2n) is 4.23. The number of aliphatic carboxylic acids is 2. The Kier molecular flexibility index (Phi) is 5.14. The molecule has 0 heterocycles. The van der Waals surface area contributed by atoms with Crippen molar-refractivity contribution in [2.45, 2.75) is 27.7 Å². The van der Waals surface area contributed by atoms with Crippen molar-refractivity contribution in [3.8, 4) is 0 Å². The quantitative estimate of drug-likeness (QED) is 0.716. The lowest BCUT2D eigenvalue weighted by molar-refractivity contribution is -0.149. The molecule has 16 heavy (non-hydrogen) atoms. The number of carboxylic acids is 2. The van der Waals surface area contributed by atoms with Gasteiger partial charge in [0.1, 0.15) is 5.78 Å². The van der Waals surface area contributed by atoms with Crippen LogP contribution in [0.3, 0.4) is 0 Å². The molecule has 0 aliphatic carbocycles. The predicted molar refractivity (Wildman–Crippen MR) is 56.9 cm³/mol. The maximum atomic E-state index is 11.8. The van der Waals surface area contributed by atoms with E-state index in [1.165, 1.54) is 27.7 Å². The summed E-state index contributed by atoms with van der Waals surface area (Å²) in [5.74, 6) is -5.34. The van der Waals surface area contributed by atoms with Gasteiger partial charge in [0.05, 0.1) is 11.8 Å². The Morgan fingerprint density at radius 2 is 0.938 bits per heavy atom. The van der Waals surface area contributed by atoms with Crippen LogP contribution in [-0.4, -0.2) is 27.9 Å². The van der Waals surface area contributed by atoms with E-state index >= 15 is 0 Å². The molecule has 2 N–H and O–H groups in total. The van der Waals surface area contributed by atoms with Crippen LogP contribution in [0.4, 0.5) is 0 Å². The van der Waals surface area contributed by atoms with Gasteiger partial charge in [0, 0.05) is 11.8 Å². The Balaban J connectivity index is 4.67. The zero-order valence-corrected chi connectivity index (χ0v) is 9.93. The number of carboxylic acid groups (broad SMARTS) is 2. The summed E-state index contributed by atoms with van der Waals surface area (Å²) < 4.78 is 0. The van der Waals surface area contributed by atoms with E-state index in [4.69, 9.17) is 10.2 Å². The standard InChI is InChI=1S/C11H18O5/c1-5(7(3)10(13)14)9(12)6(2)8(4)11(15)16/h5-8H,1-4H3,(H,13,14)(H,15,16). The molecule has 0 radical (unpaired) electrons. The van der Waals surface area contributed by atoms with Gasteiger partial charge in [0.2, 0.25) is 0 Å². The second kappa shape index (κ2) is 5.63. The molecule has 5 heteroatoms. The van der Waals surface area contributed by atoms with Gasteiger partial charge in [-0.25, -0.2) is 0 Å². The Labute approximate surface area is 94.5 Å². The lowest BCUT2D eigenvalue weighted by Crippen LogP contribution is -2.34. The van der Waals surface area contributed by atoms with Crippen LogP contribution in [0.5, 0.6) is 0 Å². The number of hydrogen-bond donors (Lipinski definition) is 2. The van der Waals surface area contributed by atoms with Crippen LogP contribution in [0, 0.1) is 23.7 Å². The first-order valence-electron chi connectivity index (χ1n) is 5.19. The largest absolute Gasteiger partial charge is 0.481 e. The molecule has 0 aromatic heterocycles. The number of Topliss-reactive ketones (excluding diaryl/α,β-unsaturated/α-hetero) is 1. The van der Waals surface area contributed by atoms with Crippen molar-refractivity contribution in [3.63, 3.8) is 0 Å². The lowest BCUT2D eigenvalue weighted by atomic mass is 9.81. The minimum absolute atomic E-state index is 0.315. The molecule has 0 aliphatic rings. The average Bonchev–Trinajstić information content (AvgIpc) is 2.23. The van der Waals surface area contributed by atoms with Crippen LogP contribution in [0.1, 0.15) is 27.7 Å². The fourth-order valence-corrected chi connectivity index (χ4v) is 1.34. The van der Waals surface area contributed by atoms with Crippen LogP contribution in [0.2, 0.25) is 0 Å². The number of rotatable bonds is 6. The highest BCUT2D eigenvalue weighted by Gasteiger charge is 2.33. The molecule has 4 atom stereocenters. The molecule has 0 aliphatic heterocycles. The highest BCUT2D eigenvalue weighted by Crippen LogP contribution is 2.22. The minimum Gasteiger partial charge on any atom is -0.481 e. The molecular formula is C11H18O5. The highest BCUT2D eigenvalue weighted by molar-refractivity contribution is 5.90. The third kappa shape index (κ3) is 3.32. The van der Waals surface area contributed by atoms with E-state index in [1.54, 1.807) is 0 Å². The molecule has 0 spiro atoms. The van der Waals surface area contributed by atoms with Crippen LogP contribution in [-0.2, 0) is 14.4 Å². The van der Waals surface area contributed by atoms with E-state index in [1.807, 2.05) is 0 Å². The van der Waals surface area contributed by atoms with Crippen molar-refractivity contribution >= 4 is 17.7 Å². The third-order valence-electron chi connectivity index (χ3n) is 3.18. The summed E-state index contributed by atoms with van der Waals surface area (Å²) in [6.45, 7) is 5.94. The zero-order chi connectivity index (χ0) is 13.0. The van der Waals surface area contributed by atoms with Crippen molar-refractivity contribution in [3.05, 3.63) is 0 Å². The number of carbonyl (C=O) groups is 3.